The number of anilines is 1. The fourth-order valence-corrected chi connectivity index (χ4v) is 3.49. The molecule has 144 valence electrons. The maximum atomic E-state index is 13.1. The molecule has 1 amide bonds. The molecule has 3 aromatic carbocycles. The van der Waals surface area contributed by atoms with Crippen LogP contribution in [-0.4, -0.2) is 11.7 Å². The van der Waals surface area contributed by atoms with Crippen LogP contribution in [0.1, 0.15) is 26.5 Å². The molecule has 4 nitrogen and oxygen atoms in total. The lowest BCUT2D eigenvalue weighted by molar-refractivity contribution is 0.101. The SMILES string of the molecule is O=C(Nc1c(C(=O)c2ccc(Cl)cc2)oc2ccc(Br)cc12)c1ccc(Cl)cc1. The number of nitrogens with one attached hydrogen (secondary N) is 1. The van der Waals surface area contributed by atoms with Crippen molar-refractivity contribution in [2.45, 2.75) is 0 Å². The summed E-state index contributed by atoms with van der Waals surface area (Å²) in [4.78, 5) is 25.8. The summed E-state index contributed by atoms with van der Waals surface area (Å²) in [7, 11) is 0. The van der Waals surface area contributed by atoms with Crippen LogP contribution in [0, 0.1) is 0 Å². The van der Waals surface area contributed by atoms with Gasteiger partial charge in [-0.1, -0.05) is 39.1 Å². The second kappa shape index (κ2) is 8.03. The quantitative estimate of drug-likeness (QED) is 0.315. The molecule has 0 aliphatic carbocycles. The van der Waals surface area contributed by atoms with Crippen molar-refractivity contribution in [3.05, 3.63) is 98.1 Å². The number of furan rings is 1. The highest BCUT2D eigenvalue weighted by molar-refractivity contribution is 9.10. The number of fused-ring (bicyclic) bond motifs is 1. The van der Waals surface area contributed by atoms with Crippen LogP contribution in [0.3, 0.4) is 0 Å². The van der Waals surface area contributed by atoms with Gasteiger partial charge in [0.05, 0.1) is 5.69 Å². The highest BCUT2D eigenvalue weighted by atomic mass is 79.9. The van der Waals surface area contributed by atoms with Gasteiger partial charge in [0.15, 0.2) is 5.76 Å². The van der Waals surface area contributed by atoms with E-state index >= 15 is 0 Å². The molecule has 7 heteroatoms. The number of rotatable bonds is 4. The zero-order valence-electron chi connectivity index (χ0n) is 14.7. The monoisotopic (exact) mass is 487 g/mol. The maximum Gasteiger partial charge on any atom is 0.255 e. The number of hydrogen-bond donors (Lipinski definition) is 1. The molecule has 0 saturated carbocycles. The lowest BCUT2D eigenvalue weighted by Gasteiger charge is -2.07. The molecular weight excluding hydrogens is 477 g/mol. The second-order valence-corrected chi connectivity index (χ2v) is 8.03. The summed E-state index contributed by atoms with van der Waals surface area (Å²) in [5.74, 6) is -0.697. The van der Waals surface area contributed by atoms with Gasteiger partial charge in [0.2, 0.25) is 5.78 Å². The number of ketones is 1. The van der Waals surface area contributed by atoms with Crippen LogP contribution < -0.4 is 5.32 Å². The number of hydrogen-bond acceptors (Lipinski definition) is 3. The van der Waals surface area contributed by atoms with Gasteiger partial charge in [-0.3, -0.25) is 9.59 Å². The van der Waals surface area contributed by atoms with Crippen LogP contribution in [0.25, 0.3) is 11.0 Å². The van der Waals surface area contributed by atoms with E-state index in [2.05, 4.69) is 21.2 Å². The van der Waals surface area contributed by atoms with Crippen molar-refractivity contribution in [2.75, 3.05) is 5.32 Å². The molecule has 0 bridgehead atoms. The molecule has 1 N–H and O–H groups in total. The van der Waals surface area contributed by atoms with Gasteiger partial charge in [-0.2, -0.15) is 0 Å². The molecule has 0 fully saturated rings. The molecule has 1 heterocycles. The Kier molecular flexibility index (Phi) is 5.46. The topological polar surface area (TPSA) is 59.3 Å². The molecule has 29 heavy (non-hydrogen) atoms. The molecular formula is C22H12BrCl2NO3. The van der Waals surface area contributed by atoms with Crippen molar-refractivity contribution in [3.8, 4) is 0 Å². The van der Waals surface area contributed by atoms with Crippen molar-refractivity contribution in [1.82, 2.24) is 0 Å². The van der Waals surface area contributed by atoms with E-state index < -0.39 is 0 Å². The van der Waals surface area contributed by atoms with Gasteiger partial charge < -0.3 is 9.73 Å². The molecule has 1 aromatic heterocycles. The minimum atomic E-state index is -0.380. The number of benzene rings is 3. The van der Waals surface area contributed by atoms with Crippen LogP contribution in [-0.2, 0) is 0 Å². The van der Waals surface area contributed by atoms with Gasteiger partial charge >= 0.3 is 0 Å². The third kappa shape index (κ3) is 4.08. The van der Waals surface area contributed by atoms with Crippen LogP contribution in [0.5, 0.6) is 0 Å². The van der Waals surface area contributed by atoms with Crippen molar-refractivity contribution in [1.29, 1.82) is 0 Å². The van der Waals surface area contributed by atoms with E-state index in [0.717, 1.165) is 4.47 Å². The Hall–Kier alpha value is -2.60. The summed E-state index contributed by atoms with van der Waals surface area (Å²) in [6, 6.07) is 18.3. The van der Waals surface area contributed by atoms with Crippen LogP contribution in [0.2, 0.25) is 10.0 Å². The van der Waals surface area contributed by atoms with E-state index in [1.807, 2.05) is 0 Å². The van der Waals surface area contributed by atoms with Crippen molar-refractivity contribution < 1.29 is 14.0 Å². The summed E-state index contributed by atoms with van der Waals surface area (Å²) in [5.41, 5.74) is 1.59. The van der Waals surface area contributed by atoms with Crippen molar-refractivity contribution >= 4 is 67.5 Å². The first-order valence-electron chi connectivity index (χ1n) is 8.51. The third-order valence-corrected chi connectivity index (χ3v) is 5.30. The normalized spacial score (nSPS) is 10.9. The van der Waals surface area contributed by atoms with Gasteiger partial charge in [0.1, 0.15) is 5.58 Å². The minimum absolute atomic E-state index is 0.0442. The summed E-state index contributed by atoms with van der Waals surface area (Å²) >= 11 is 15.2. The summed E-state index contributed by atoms with van der Waals surface area (Å²) in [5, 5.41) is 4.47. The third-order valence-electron chi connectivity index (χ3n) is 4.31. The molecule has 4 aromatic rings. The Morgan fingerprint density at radius 1 is 0.828 bits per heavy atom. The number of halogens is 3. The van der Waals surface area contributed by atoms with E-state index in [4.69, 9.17) is 27.6 Å². The largest absolute Gasteiger partial charge is 0.450 e. The lowest BCUT2D eigenvalue weighted by atomic mass is 10.1. The summed E-state index contributed by atoms with van der Waals surface area (Å²) in [6.45, 7) is 0. The van der Waals surface area contributed by atoms with E-state index in [1.165, 1.54) is 0 Å². The first-order valence-corrected chi connectivity index (χ1v) is 10.1. The Balaban J connectivity index is 1.80. The molecule has 0 aliphatic rings. The highest BCUT2D eigenvalue weighted by Crippen LogP contribution is 2.35. The second-order valence-electron chi connectivity index (χ2n) is 6.24. The zero-order valence-corrected chi connectivity index (χ0v) is 17.8. The first-order chi connectivity index (χ1) is 13.9. The van der Waals surface area contributed by atoms with Gasteiger partial charge in [0, 0.05) is 31.0 Å². The fourth-order valence-electron chi connectivity index (χ4n) is 2.87. The van der Waals surface area contributed by atoms with Crippen molar-refractivity contribution in [2.24, 2.45) is 0 Å². The molecule has 0 radical (unpaired) electrons. The number of carbonyl (C=O) groups is 2. The van der Waals surface area contributed by atoms with Gasteiger partial charge in [-0.05, 0) is 66.7 Å². The standard InChI is InChI=1S/C22H12BrCl2NO3/c23-14-5-10-18-17(11-14)19(26-22(28)13-3-8-16(25)9-4-13)21(29-18)20(27)12-1-6-15(24)7-2-12/h1-11H,(H,26,28). The molecule has 4 rings (SSSR count). The zero-order chi connectivity index (χ0) is 20.5. The lowest BCUT2D eigenvalue weighted by Crippen LogP contribution is -2.14. The van der Waals surface area contributed by atoms with E-state index in [-0.39, 0.29) is 17.5 Å². The number of amides is 1. The average Bonchev–Trinajstić information content (AvgIpc) is 3.06. The number of carbonyl (C=O) groups excluding carboxylic acids is 2. The van der Waals surface area contributed by atoms with Gasteiger partial charge in [-0.25, -0.2) is 0 Å². The average molecular weight is 489 g/mol. The Morgan fingerprint density at radius 3 is 2.03 bits per heavy atom. The van der Waals surface area contributed by atoms with Gasteiger partial charge in [0.25, 0.3) is 5.91 Å². The predicted octanol–water partition coefficient (Wildman–Crippen LogP) is 6.99. The smallest absolute Gasteiger partial charge is 0.255 e. The van der Waals surface area contributed by atoms with E-state index in [0.29, 0.717) is 37.8 Å². The maximum absolute atomic E-state index is 13.1. The molecule has 0 saturated heterocycles. The van der Waals surface area contributed by atoms with Crippen LogP contribution in [0.4, 0.5) is 5.69 Å². The van der Waals surface area contributed by atoms with Crippen LogP contribution >= 0.6 is 39.1 Å². The summed E-state index contributed by atoms with van der Waals surface area (Å²) < 4.78 is 6.61. The molecule has 0 aliphatic heterocycles. The highest BCUT2D eigenvalue weighted by Gasteiger charge is 2.24. The van der Waals surface area contributed by atoms with E-state index in [1.54, 1.807) is 66.7 Å². The fraction of sp³-hybridized carbons (Fsp3) is 0. The summed E-state index contributed by atoms with van der Waals surface area (Å²) in [6.07, 6.45) is 0. The Morgan fingerprint density at radius 2 is 1.41 bits per heavy atom. The molecule has 0 atom stereocenters. The Labute approximate surface area is 184 Å². The van der Waals surface area contributed by atoms with Gasteiger partial charge in [-0.15, -0.1) is 0 Å². The Bertz CT molecular complexity index is 1230. The van der Waals surface area contributed by atoms with Crippen molar-refractivity contribution in [3.63, 3.8) is 0 Å². The van der Waals surface area contributed by atoms with E-state index in [9.17, 15) is 9.59 Å². The minimum Gasteiger partial charge on any atom is -0.450 e. The predicted molar refractivity (Wildman–Crippen MR) is 118 cm³/mol. The molecule has 0 spiro atoms. The van der Waals surface area contributed by atoms with Crippen LogP contribution in [0.15, 0.2) is 75.6 Å². The first kappa shape index (κ1) is 19.7. The molecule has 0 unspecified atom stereocenters.